The molecule has 0 saturated heterocycles. The first-order valence-corrected chi connectivity index (χ1v) is 24.7. The summed E-state index contributed by atoms with van der Waals surface area (Å²) in [6.45, 7) is 32.4. The minimum atomic E-state index is 0. The van der Waals surface area contributed by atoms with Crippen LogP contribution >= 0.6 is 34.0 Å². The predicted molar refractivity (Wildman–Crippen MR) is 309 cm³/mol. The lowest BCUT2D eigenvalue weighted by Gasteiger charge is -2.15. The molecule has 67 heavy (non-hydrogen) atoms. The largest absolute Gasteiger partial charge is 0.485 e. The van der Waals surface area contributed by atoms with Crippen molar-refractivity contribution in [1.82, 2.24) is 4.98 Å². The average molecular weight is 964 g/mol. The molecule has 5 heterocycles. The minimum absolute atomic E-state index is 0. The third-order valence-electron chi connectivity index (χ3n) is 9.00. The second-order valence-electron chi connectivity index (χ2n) is 15.3. The fourth-order valence-electron chi connectivity index (χ4n) is 5.40. The molecule has 0 atom stereocenters. The predicted octanol–water partition coefficient (Wildman–Crippen LogP) is 19.4. The summed E-state index contributed by atoms with van der Waals surface area (Å²) in [5.74, 6) is 1.91. The normalized spacial score (nSPS) is 10.4. The quantitative estimate of drug-likeness (QED) is 0.174. The zero-order chi connectivity index (χ0) is 48.6. The number of benzene rings is 3. The van der Waals surface area contributed by atoms with Gasteiger partial charge in [0.05, 0.1) is 0 Å². The lowest BCUT2D eigenvalue weighted by atomic mass is 10.1. The van der Waals surface area contributed by atoms with Crippen molar-refractivity contribution in [2.45, 2.75) is 119 Å². The summed E-state index contributed by atoms with van der Waals surface area (Å²) >= 11 is 5.40. The van der Waals surface area contributed by atoms with E-state index in [0.717, 1.165) is 11.5 Å². The fraction of sp³-hybridized carbons (Fsp3) is 0.333. The van der Waals surface area contributed by atoms with Crippen LogP contribution in [-0.2, 0) is 0 Å². The number of nitrogens with one attached hydrogen (secondary N) is 2. The molecule has 8 rings (SSSR count). The number of hydrogen-bond donors (Lipinski definition) is 2. The maximum absolute atomic E-state index is 5.46. The SMILES string of the molecule is C.C.CC=CC.CC=Cc1ccc(C)cc1.CC=Cc1ccc(C)s1.CNc1ccc(C)cc1.Cc1ccc(C)[nH]1.Cc1ccc(C)cc1.Cc1ccc(C)s1.Cc1sc(C)c2c1OCCO2. The van der Waals surface area contributed by atoms with Crippen molar-refractivity contribution in [3.63, 3.8) is 0 Å². The van der Waals surface area contributed by atoms with Crippen LogP contribution in [0.3, 0.4) is 0 Å². The topological polar surface area (TPSA) is 46.3 Å². The molecule has 4 aromatic heterocycles. The highest BCUT2D eigenvalue weighted by molar-refractivity contribution is 7.13. The Kier molecular flexibility index (Phi) is 35.9. The summed E-state index contributed by atoms with van der Waals surface area (Å²) in [5, 5.41) is 3.05. The van der Waals surface area contributed by atoms with Gasteiger partial charge in [-0.1, -0.05) is 128 Å². The van der Waals surface area contributed by atoms with Gasteiger partial charge in [-0.25, -0.2) is 0 Å². The van der Waals surface area contributed by atoms with Crippen LogP contribution in [0.15, 0.2) is 133 Å². The summed E-state index contributed by atoms with van der Waals surface area (Å²) in [5.41, 5.74) is 10.2. The van der Waals surface area contributed by atoms with Crippen LogP contribution in [0.5, 0.6) is 11.5 Å². The Morgan fingerprint density at radius 2 is 0.806 bits per heavy atom. The third-order valence-corrected chi connectivity index (χ3v) is 11.9. The van der Waals surface area contributed by atoms with Crippen molar-refractivity contribution in [2.75, 3.05) is 25.6 Å². The molecule has 366 valence electrons. The Morgan fingerprint density at radius 3 is 1.10 bits per heavy atom. The van der Waals surface area contributed by atoms with Gasteiger partial charge >= 0.3 is 0 Å². The van der Waals surface area contributed by atoms with Gasteiger partial charge in [-0.3, -0.25) is 0 Å². The van der Waals surface area contributed by atoms with Crippen molar-refractivity contribution in [3.8, 4) is 11.5 Å². The molecule has 7 aromatic rings. The average Bonchev–Trinajstić information content (AvgIpc) is 4.08. The van der Waals surface area contributed by atoms with Crippen LogP contribution in [0.1, 0.15) is 111 Å². The molecule has 1 aliphatic rings. The highest BCUT2D eigenvalue weighted by atomic mass is 32.1. The van der Waals surface area contributed by atoms with Crippen LogP contribution in [0.25, 0.3) is 12.2 Å². The monoisotopic (exact) mass is 963 g/mol. The number of hydrogen-bond acceptors (Lipinski definition) is 6. The lowest BCUT2D eigenvalue weighted by Crippen LogP contribution is -2.14. The minimum Gasteiger partial charge on any atom is -0.485 e. The van der Waals surface area contributed by atoms with Gasteiger partial charge < -0.3 is 19.8 Å². The molecule has 3 aromatic carbocycles. The number of thiophene rings is 3. The number of aryl methyl sites for hydroxylation is 11. The molecular weight excluding hydrogens is 877 g/mol. The zero-order valence-corrected chi connectivity index (χ0v) is 44.8. The smallest absolute Gasteiger partial charge is 0.175 e. The number of ether oxygens (including phenoxy) is 2. The fourth-order valence-corrected chi connectivity index (χ4v) is 7.98. The van der Waals surface area contributed by atoms with Gasteiger partial charge in [-0.2, -0.15) is 0 Å². The highest BCUT2D eigenvalue weighted by Crippen LogP contribution is 2.42. The number of aromatic amines is 1. The van der Waals surface area contributed by atoms with Crippen LogP contribution in [0.4, 0.5) is 5.69 Å². The summed E-state index contributed by atoms with van der Waals surface area (Å²) in [6, 6.07) is 38.0. The van der Waals surface area contributed by atoms with E-state index in [1.54, 1.807) is 11.3 Å². The van der Waals surface area contributed by atoms with Crippen LogP contribution in [0, 0.1) is 76.2 Å². The molecule has 4 nitrogen and oxygen atoms in total. The van der Waals surface area contributed by atoms with Crippen molar-refractivity contribution in [2.24, 2.45) is 0 Å². The molecule has 0 saturated carbocycles. The molecule has 1 aliphatic heterocycles. The number of rotatable bonds is 3. The first-order valence-electron chi connectivity index (χ1n) is 22.3. The highest BCUT2D eigenvalue weighted by Gasteiger charge is 2.19. The Labute approximate surface area is 421 Å². The van der Waals surface area contributed by atoms with E-state index in [1.807, 2.05) is 89.5 Å². The van der Waals surface area contributed by atoms with E-state index >= 15 is 0 Å². The van der Waals surface area contributed by atoms with E-state index in [9.17, 15) is 0 Å². The Morgan fingerprint density at radius 1 is 0.433 bits per heavy atom. The van der Waals surface area contributed by atoms with E-state index in [-0.39, 0.29) is 14.9 Å². The van der Waals surface area contributed by atoms with E-state index in [0.29, 0.717) is 13.2 Å². The second-order valence-corrected chi connectivity index (χ2v) is 19.6. The van der Waals surface area contributed by atoms with Crippen molar-refractivity contribution in [3.05, 3.63) is 202 Å². The molecule has 0 spiro atoms. The van der Waals surface area contributed by atoms with E-state index in [4.69, 9.17) is 9.47 Å². The van der Waals surface area contributed by atoms with Gasteiger partial charge in [0, 0.05) is 53.4 Å². The van der Waals surface area contributed by atoms with Gasteiger partial charge in [-0.05, 0) is 164 Å². The van der Waals surface area contributed by atoms with E-state index in [1.165, 1.54) is 74.2 Å². The standard InChI is InChI=1S/C10H12.C8H11N.C8H10O2S.C8H10S.C8H10.C6H9N.C6H8S.C4H8.2CH4/c1-3-4-10-7-5-9(2)6-8-10;1-7-3-5-8(9-2)6-4-7;1-5-7-8(6(2)11-5)10-4-3-9-7;1-3-4-8-6-5-7(2)9-8;1-7-3-5-8(2)6-4-7;2*1-5-3-4-6(2)7-5;1-3-4-2;;/h3-8H,1-2H3;3-6,9H,1-2H3;3-4H2,1-2H3;3-6H,1-2H3;3-6H,1-2H3;3-4,7H,1-2H3;3-4H,1-2H3;3-4H,1-2H3;2*1H4. The molecule has 0 bridgehead atoms. The molecule has 7 heteroatoms. The van der Waals surface area contributed by atoms with E-state index < -0.39 is 0 Å². The number of H-pyrrole nitrogens is 1. The number of anilines is 1. The van der Waals surface area contributed by atoms with Crippen LogP contribution in [0.2, 0.25) is 0 Å². The van der Waals surface area contributed by atoms with Crippen molar-refractivity contribution < 1.29 is 9.47 Å². The van der Waals surface area contributed by atoms with E-state index in [2.05, 4.69) is 200 Å². The Bertz CT molecular complexity index is 2230. The number of aromatic nitrogens is 1. The molecule has 0 amide bonds. The summed E-state index contributed by atoms with van der Waals surface area (Å²) in [4.78, 5) is 11.1. The van der Waals surface area contributed by atoms with Gasteiger partial charge in [0.25, 0.3) is 0 Å². The molecule has 0 radical (unpaired) electrons. The third kappa shape index (κ3) is 29.8. The number of fused-ring (bicyclic) bond motifs is 1. The molecule has 0 aliphatic carbocycles. The Hall–Kier alpha value is -5.34. The molecule has 0 fully saturated rings. The summed E-state index contributed by atoms with van der Waals surface area (Å²) < 4.78 is 10.9. The van der Waals surface area contributed by atoms with Gasteiger partial charge in [-0.15, -0.1) is 34.0 Å². The lowest BCUT2D eigenvalue weighted by molar-refractivity contribution is 0.171. The maximum Gasteiger partial charge on any atom is 0.175 e. The number of allylic oxidation sites excluding steroid dienone is 4. The Balaban J connectivity index is 0. The first kappa shape index (κ1) is 63.7. The molecular formula is C60H86N2O2S3. The zero-order valence-electron chi connectivity index (χ0n) is 42.3. The maximum atomic E-state index is 5.46. The van der Waals surface area contributed by atoms with Crippen molar-refractivity contribution >= 4 is 51.8 Å². The summed E-state index contributed by atoms with van der Waals surface area (Å²) in [7, 11) is 1.92. The van der Waals surface area contributed by atoms with Crippen LogP contribution < -0.4 is 14.8 Å². The van der Waals surface area contributed by atoms with Gasteiger partial charge in [0.2, 0.25) is 0 Å². The molecule has 2 N–H and O–H groups in total. The summed E-state index contributed by atoms with van der Waals surface area (Å²) in [6.07, 6.45) is 12.3. The van der Waals surface area contributed by atoms with Crippen molar-refractivity contribution in [1.29, 1.82) is 0 Å². The second kappa shape index (κ2) is 37.7. The van der Waals surface area contributed by atoms with Crippen LogP contribution in [-0.4, -0.2) is 25.2 Å². The first-order chi connectivity index (χ1) is 31.0. The van der Waals surface area contributed by atoms with Gasteiger partial charge in [0.1, 0.15) is 13.2 Å². The van der Waals surface area contributed by atoms with Gasteiger partial charge in [0.15, 0.2) is 11.5 Å². The molecule has 0 unspecified atom stereocenters.